The average Bonchev–Trinajstić information content (AvgIpc) is 2.85. The molecule has 5 nitrogen and oxygen atoms in total. The third-order valence-corrected chi connectivity index (χ3v) is 7.52. The SMILES string of the molecule is CCC1(C)CCC(NC(=O)[C@@H](C)/C(C)=C/CCc2ccc(O)cc2)CC(C)(CC)N1O. The number of nitrogens with zero attached hydrogens (tertiary/aromatic N) is 1. The van der Waals surface area contributed by atoms with Crippen LogP contribution in [0.25, 0.3) is 0 Å². The lowest BCUT2D eigenvalue weighted by atomic mass is 9.88. The molecule has 1 saturated heterocycles. The molecule has 0 saturated carbocycles. The molecule has 31 heavy (non-hydrogen) atoms. The summed E-state index contributed by atoms with van der Waals surface area (Å²) in [6, 6.07) is 7.33. The van der Waals surface area contributed by atoms with Crippen molar-refractivity contribution in [2.24, 2.45) is 5.92 Å². The molecule has 0 radical (unpaired) electrons. The number of aryl methyl sites for hydroxylation is 1. The van der Waals surface area contributed by atoms with Crippen molar-refractivity contribution in [1.82, 2.24) is 10.4 Å². The van der Waals surface area contributed by atoms with Crippen molar-refractivity contribution in [1.29, 1.82) is 0 Å². The van der Waals surface area contributed by atoms with E-state index >= 15 is 0 Å². The second kappa shape index (κ2) is 10.6. The van der Waals surface area contributed by atoms with Crippen molar-refractivity contribution in [3.05, 3.63) is 41.5 Å². The molecule has 0 aromatic heterocycles. The molecule has 1 aliphatic heterocycles. The molecular weight excluding hydrogens is 388 g/mol. The molecule has 0 bridgehead atoms. The Kier molecular flexibility index (Phi) is 8.73. The van der Waals surface area contributed by atoms with E-state index in [2.05, 4.69) is 39.1 Å². The van der Waals surface area contributed by atoms with Gasteiger partial charge in [-0.05, 0) is 90.3 Å². The van der Waals surface area contributed by atoms with Gasteiger partial charge >= 0.3 is 0 Å². The standard InChI is InChI=1S/C26H42N2O3/c1-7-25(5)17-16-22(18-26(6,8-2)28(25)31)27-24(30)20(4)19(3)10-9-11-21-12-14-23(29)15-13-21/h10,12-15,20,22,29,31H,7-9,11,16-18H2,1-6H3,(H,27,30)/b19-10+/t20-,22?,25?,26?/m0/s1. The molecule has 2 rings (SSSR count). The minimum absolute atomic E-state index is 0.0615. The minimum Gasteiger partial charge on any atom is -0.508 e. The minimum atomic E-state index is -0.350. The molecule has 1 aliphatic rings. The first-order valence-electron chi connectivity index (χ1n) is 11.8. The summed E-state index contributed by atoms with van der Waals surface area (Å²) >= 11 is 0. The van der Waals surface area contributed by atoms with E-state index in [-0.39, 0.29) is 34.7 Å². The number of carbonyl (C=O) groups is 1. The van der Waals surface area contributed by atoms with Gasteiger partial charge in [0.25, 0.3) is 0 Å². The third-order valence-electron chi connectivity index (χ3n) is 7.52. The van der Waals surface area contributed by atoms with Gasteiger partial charge in [-0.2, -0.15) is 5.06 Å². The van der Waals surface area contributed by atoms with E-state index in [1.807, 2.05) is 26.0 Å². The Balaban J connectivity index is 1.98. The van der Waals surface area contributed by atoms with Gasteiger partial charge in [0.05, 0.1) is 5.92 Å². The van der Waals surface area contributed by atoms with E-state index in [1.54, 1.807) is 17.2 Å². The Morgan fingerprint density at radius 1 is 1.23 bits per heavy atom. The van der Waals surface area contributed by atoms with Gasteiger partial charge in [-0.1, -0.05) is 37.6 Å². The van der Waals surface area contributed by atoms with Crippen molar-refractivity contribution < 1.29 is 15.1 Å². The monoisotopic (exact) mass is 430 g/mol. The first-order valence-corrected chi connectivity index (χ1v) is 11.8. The maximum atomic E-state index is 13.0. The number of nitrogens with one attached hydrogen (secondary N) is 1. The summed E-state index contributed by atoms with van der Waals surface area (Å²) in [7, 11) is 0. The molecule has 4 atom stereocenters. The number of amides is 1. The van der Waals surface area contributed by atoms with E-state index in [9.17, 15) is 15.1 Å². The van der Waals surface area contributed by atoms with Gasteiger partial charge in [-0.15, -0.1) is 0 Å². The highest BCUT2D eigenvalue weighted by atomic mass is 16.5. The fourth-order valence-electron chi connectivity index (χ4n) is 4.54. The number of allylic oxidation sites excluding steroid dienone is 1. The van der Waals surface area contributed by atoms with Crippen LogP contribution in [0.3, 0.4) is 0 Å². The van der Waals surface area contributed by atoms with Crippen molar-refractivity contribution in [2.45, 2.75) is 104 Å². The number of rotatable bonds is 8. The van der Waals surface area contributed by atoms with Gasteiger partial charge in [0.15, 0.2) is 0 Å². The van der Waals surface area contributed by atoms with Gasteiger partial charge in [-0.25, -0.2) is 0 Å². The maximum absolute atomic E-state index is 13.0. The smallest absolute Gasteiger partial charge is 0.227 e. The van der Waals surface area contributed by atoms with Crippen LogP contribution in [-0.2, 0) is 11.2 Å². The highest BCUT2D eigenvalue weighted by molar-refractivity contribution is 5.81. The van der Waals surface area contributed by atoms with Gasteiger partial charge in [-0.3, -0.25) is 4.79 Å². The molecule has 3 N–H and O–H groups in total. The fourth-order valence-corrected chi connectivity index (χ4v) is 4.54. The summed E-state index contributed by atoms with van der Waals surface area (Å²) in [5, 5.41) is 25.2. The normalized spacial score (nSPS) is 28.7. The van der Waals surface area contributed by atoms with E-state index in [0.29, 0.717) is 0 Å². The molecule has 5 heteroatoms. The summed E-state index contributed by atoms with van der Waals surface area (Å²) < 4.78 is 0. The molecule has 1 heterocycles. The van der Waals surface area contributed by atoms with E-state index in [1.165, 1.54) is 5.56 Å². The summed E-state index contributed by atoms with van der Waals surface area (Å²) in [6.45, 7) is 12.4. The second-order valence-corrected chi connectivity index (χ2v) is 9.84. The molecule has 3 unspecified atom stereocenters. The largest absolute Gasteiger partial charge is 0.508 e. The van der Waals surface area contributed by atoms with Crippen LogP contribution in [0.15, 0.2) is 35.9 Å². The van der Waals surface area contributed by atoms with Gasteiger partial charge < -0.3 is 15.6 Å². The first-order chi connectivity index (χ1) is 14.5. The van der Waals surface area contributed by atoms with Crippen LogP contribution in [0, 0.1) is 5.92 Å². The van der Waals surface area contributed by atoms with Crippen LogP contribution in [0.1, 0.15) is 85.6 Å². The Morgan fingerprint density at radius 3 is 2.42 bits per heavy atom. The van der Waals surface area contributed by atoms with Crippen molar-refractivity contribution >= 4 is 5.91 Å². The third kappa shape index (κ3) is 6.33. The zero-order chi connectivity index (χ0) is 23.2. The number of phenols is 1. The number of aromatic hydroxyl groups is 1. The quantitative estimate of drug-likeness (QED) is 0.469. The van der Waals surface area contributed by atoms with Crippen LogP contribution in [0.4, 0.5) is 0 Å². The van der Waals surface area contributed by atoms with Crippen LogP contribution < -0.4 is 5.32 Å². The molecule has 174 valence electrons. The number of benzene rings is 1. The summed E-state index contributed by atoms with van der Waals surface area (Å²) in [4.78, 5) is 13.0. The number of carbonyl (C=O) groups excluding carboxylic acids is 1. The molecule has 0 spiro atoms. The van der Waals surface area contributed by atoms with Gasteiger partial charge in [0.1, 0.15) is 5.75 Å². The zero-order valence-corrected chi connectivity index (χ0v) is 20.2. The highest BCUT2D eigenvalue weighted by Crippen LogP contribution is 2.39. The zero-order valence-electron chi connectivity index (χ0n) is 20.2. The van der Waals surface area contributed by atoms with E-state index in [4.69, 9.17) is 0 Å². The predicted octanol–water partition coefficient (Wildman–Crippen LogP) is 5.60. The summed E-state index contributed by atoms with van der Waals surface area (Å²) in [5.74, 6) is 0.159. The second-order valence-electron chi connectivity index (χ2n) is 9.84. The van der Waals surface area contributed by atoms with Crippen LogP contribution in [0.5, 0.6) is 5.75 Å². The molecule has 1 fully saturated rings. The van der Waals surface area contributed by atoms with Crippen LogP contribution in [0.2, 0.25) is 0 Å². The lowest BCUT2D eigenvalue weighted by Crippen LogP contribution is -2.55. The topological polar surface area (TPSA) is 72.8 Å². The Morgan fingerprint density at radius 2 is 1.84 bits per heavy atom. The van der Waals surface area contributed by atoms with Gasteiger partial charge in [0, 0.05) is 17.1 Å². The molecule has 0 aliphatic carbocycles. The average molecular weight is 431 g/mol. The van der Waals surface area contributed by atoms with Crippen molar-refractivity contribution in [3.8, 4) is 5.75 Å². The molecule has 1 amide bonds. The van der Waals surface area contributed by atoms with Crippen molar-refractivity contribution in [2.75, 3.05) is 0 Å². The molecule has 1 aromatic carbocycles. The molecule has 1 aromatic rings. The Hall–Kier alpha value is -1.85. The van der Waals surface area contributed by atoms with Crippen LogP contribution >= 0.6 is 0 Å². The number of hydrogen-bond acceptors (Lipinski definition) is 4. The number of hydroxylamine groups is 2. The lowest BCUT2D eigenvalue weighted by Gasteiger charge is -2.45. The van der Waals surface area contributed by atoms with Crippen molar-refractivity contribution in [3.63, 3.8) is 0 Å². The highest BCUT2D eigenvalue weighted by Gasteiger charge is 2.45. The van der Waals surface area contributed by atoms with E-state index < -0.39 is 0 Å². The van der Waals surface area contributed by atoms with E-state index in [0.717, 1.165) is 50.5 Å². The predicted molar refractivity (Wildman–Crippen MR) is 126 cm³/mol. The summed E-state index contributed by atoms with van der Waals surface area (Å²) in [5.41, 5.74) is 1.63. The van der Waals surface area contributed by atoms with Crippen LogP contribution in [-0.4, -0.2) is 38.4 Å². The Labute approximate surface area is 188 Å². The molecular formula is C26H42N2O3. The number of hydrogen-bond donors (Lipinski definition) is 3. The lowest BCUT2D eigenvalue weighted by molar-refractivity contribution is -0.234. The Bertz CT molecular complexity index is 760. The number of phenolic OH excluding ortho intramolecular Hbond substituents is 1. The van der Waals surface area contributed by atoms with Gasteiger partial charge in [0.2, 0.25) is 5.91 Å². The maximum Gasteiger partial charge on any atom is 0.227 e. The summed E-state index contributed by atoms with van der Waals surface area (Å²) in [6.07, 6.45) is 8.07. The fraction of sp³-hybridized carbons (Fsp3) is 0.654. The first kappa shape index (κ1) is 25.4.